The van der Waals surface area contributed by atoms with E-state index in [0.717, 1.165) is 4.88 Å². The van der Waals surface area contributed by atoms with Crippen LogP contribution in [0.4, 0.5) is 17.2 Å². The molecule has 0 radical (unpaired) electrons. The lowest BCUT2D eigenvalue weighted by molar-refractivity contribution is -0.115. The molecule has 0 saturated heterocycles. The summed E-state index contributed by atoms with van der Waals surface area (Å²) in [5.41, 5.74) is 1.03. The summed E-state index contributed by atoms with van der Waals surface area (Å²) >= 11 is 7.03. The Morgan fingerprint density at radius 3 is 3.10 bits per heavy atom. The van der Waals surface area contributed by atoms with Crippen LogP contribution in [0, 0.1) is 6.92 Å². The highest BCUT2D eigenvalue weighted by Crippen LogP contribution is 2.40. The maximum absolute atomic E-state index is 12.2. The number of aromatic nitrogens is 1. The summed E-state index contributed by atoms with van der Waals surface area (Å²) in [4.78, 5) is 31.5. The van der Waals surface area contributed by atoms with Crippen molar-refractivity contribution in [1.29, 1.82) is 0 Å². The van der Waals surface area contributed by atoms with E-state index in [0.29, 0.717) is 22.1 Å². The van der Waals surface area contributed by atoms with Crippen molar-refractivity contribution in [2.75, 3.05) is 16.1 Å². The first-order valence-corrected chi connectivity index (χ1v) is 7.22. The van der Waals surface area contributed by atoms with Crippen LogP contribution in [0.15, 0.2) is 24.4 Å². The predicted molar refractivity (Wildman–Crippen MR) is 79.1 cm³/mol. The highest BCUT2D eigenvalue weighted by Gasteiger charge is 2.31. The zero-order valence-electron chi connectivity index (χ0n) is 10.5. The largest absolute Gasteiger partial charge is 0.318 e. The lowest BCUT2D eigenvalue weighted by Gasteiger charge is -2.20. The Kier molecular flexibility index (Phi) is 3.19. The molecule has 1 N–H and O–H groups in total. The van der Waals surface area contributed by atoms with Gasteiger partial charge in [-0.2, -0.15) is 0 Å². The molecule has 5 nitrogen and oxygen atoms in total. The minimum Gasteiger partial charge on any atom is -0.318 e. The number of aryl methyl sites for hydroxylation is 1. The number of fused-ring (bicyclic) bond motifs is 2. The Morgan fingerprint density at radius 2 is 2.35 bits per heavy atom. The highest BCUT2D eigenvalue weighted by atomic mass is 35.5. The van der Waals surface area contributed by atoms with Crippen LogP contribution >= 0.6 is 22.9 Å². The lowest BCUT2D eigenvalue weighted by atomic mass is 10.3. The van der Waals surface area contributed by atoms with Crippen molar-refractivity contribution in [2.45, 2.75) is 6.92 Å². The van der Waals surface area contributed by atoms with Gasteiger partial charge >= 0.3 is 0 Å². The number of thiophene rings is 1. The second-order valence-corrected chi connectivity index (χ2v) is 5.79. The molecule has 0 fully saturated rings. The van der Waals surface area contributed by atoms with E-state index in [4.69, 9.17) is 11.6 Å². The van der Waals surface area contributed by atoms with E-state index in [1.165, 1.54) is 16.2 Å². The molecule has 0 spiro atoms. The molecule has 2 aromatic rings. The van der Waals surface area contributed by atoms with Crippen LogP contribution in [0.2, 0.25) is 0 Å². The molecule has 0 unspecified atom stereocenters. The third-order valence-corrected chi connectivity index (χ3v) is 4.16. The fourth-order valence-electron chi connectivity index (χ4n) is 2.11. The Hall–Kier alpha value is -1.92. The average Bonchev–Trinajstić information content (AvgIpc) is 2.77. The van der Waals surface area contributed by atoms with E-state index < -0.39 is 0 Å². The normalized spacial score (nSPS) is 13.3. The van der Waals surface area contributed by atoms with E-state index in [9.17, 15) is 9.59 Å². The van der Waals surface area contributed by atoms with Gasteiger partial charge in [-0.25, -0.2) is 4.98 Å². The van der Waals surface area contributed by atoms with Gasteiger partial charge in [0.2, 0.25) is 5.91 Å². The van der Waals surface area contributed by atoms with Crippen molar-refractivity contribution in [1.82, 2.24) is 4.98 Å². The van der Waals surface area contributed by atoms with Crippen molar-refractivity contribution in [3.05, 3.63) is 34.2 Å². The molecule has 1 aliphatic heterocycles. The monoisotopic (exact) mass is 307 g/mol. The predicted octanol–water partition coefficient (Wildman–Crippen LogP) is 2.92. The number of carbonyl (C=O) groups is 2. The smallest absolute Gasteiger partial charge is 0.268 e. The Labute approximate surface area is 124 Å². The van der Waals surface area contributed by atoms with Gasteiger partial charge in [0, 0.05) is 11.1 Å². The second kappa shape index (κ2) is 4.88. The first-order chi connectivity index (χ1) is 9.61. The molecule has 0 aliphatic carbocycles. The molecule has 0 atom stereocenters. The summed E-state index contributed by atoms with van der Waals surface area (Å²) in [7, 11) is 0. The summed E-state index contributed by atoms with van der Waals surface area (Å²) in [5, 5.41) is 2.77. The fourth-order valence-corrected chi connectivity index (χ4v) is 3.12. The summed E-state index contributed by atoms with van der Waals surface area (Å²) in [6, 6.07) is 5.21. The van der Waals surface area contributed by atoms with Crippen molar-refractivity contribution in [3.8, 4) is 0 Å². The van der Waals surface area contributed by atoms with Crippen LogP contribution in [0.5, 0.6) is 0 Å². The molecule has 0 saturated carbocycles. The molecule has 102 valence electrons. The third kappa shape index (κ3) is 1.97. The first-order valence-electron chi connectivity index (χ1n) is 5.87. The van der Waals surface area contributed by atoms with Gasteiger partial charge < -0.3 is 5.32 Å². The minimum absolute atomic E-state index is 0.182. The fraction of sp³-hybridized carbons (Fsp3) is 0.154. The second-order valence-electron chi connectivity index (χ2n) is 4.26. The number of nitrogens with zero attached hydrogens (tertiary/aromatic N) is 2. The molecular weight excluding hydrogens is 298 g/mol. The third-order valence-electron chi connectivity index (χ3n) is 2.89. The molecular formula is C13H10ClN3O2S. The van der Waals surface area contributed by atoms with Gasteiger partial charge in [-0.05, 0) is 25.1 Å². The number of halogens is 1. The van der Waals surface area contributed by atoms with Crippen LogP contribution in [-0.4, -0.2) is 22.7 Å². The Morgan fingerprint density at radius 1 is 1.55 bits per heavy atom. The standard InChI is InChI=1S/C13H10ClN3O2S/c1-7-5-9-11(20-7)13(19)16-8-3-2-4-15-12(8)17(9)10(18)6-14/h2-5H,6H2,1H3,(H,16,19). The summed E-state index contributed by atoms with van der Waals surface area (Å²) < 4.78 is 0. The summed E-state index contributed by atoms with van der Waals surface area (Å²) in [5.74, 6) is -0.346. The van der Waals surface area contributed by atoms with Crippen molar-refractivity contribution in [3.63, 3.8) is 0 Å². The van der Waals surface area contributed by atoms with Crippen LogP contribution in [0.1, 0.15) is 14.5 Å². The number of hydrogen-bond acceptors (Lipinski definition) is 4. The maximum Gasteiger partial charge on any atom is 0.268 e. The molecule has 7 heteroatoms. The molecule has 1 aliphatic rings. The average molecular weight is 308 g/mol. The van der Waals surface area contributed by atoms with Gasteiger partial charge in [0.1, 0.15) is 10.8 Å². The van der Waals surface area contributed by atoms with Gasteiger partial charge in [-0.15, -0.1) is 22.9 Å². The molecule has 3 heterocycles. The van der Waals surface area contributed by atoms with Crippen LogP contribution < -0.4 is 10.2 Å². The lowest BCUT2D eigenvalue weighted by Crippen LogP contribution is -2.27. The molecule has 20 heavy (non-hydrogen) atoms. The zero-order valence-corrected chi connectivity index (χ0v) is 12.1. The first kappa shape index (κ1) is 13.1. The minimum atomic E-state index is -0.317. The number of anilines is 3. The van der Waals surface area contributed by atoms with Gasteiger partial charge in [-0.3, -0.25) is 14.5 Å². The van der Waals surface area contributed by atoms with E-state index >= 15 is 0 Å². The summed E-state index contributed by atoms with van der Waals surface area (Å²) in [6.07, 6.45) is 1.57. The number of hydrogen-bond donors (Lipinski definition) is 1. The van der Waals surface area contributed by atoms with E-state index in [-0.39, 0.29) is 17.7 Å². The molecule has 3 rings (SSSR count). The zero-order chi connectivity index (χ0) is 14.3. The van der Waals surface area contributed by atoms with Crippen molar-refractivity contribution >= 4 is 51.9 Å². The Balaban J connectivity index is 2.28. The van der Waals surface area contributed by atoms with E-state index in [2.05, 4.69) is 10.3 Å². The van der Waals surface area contributed by atoms with Gasteiger partial charge in [0.15, 0.2) is 5.82 Å². The molecule has 0 bridgehead atoms. The maximum atomic E-state index is 12.2. The molecule has 2 aromatic heterocycles. The van der Waals surface area contributed by atoms with Gasteiger partial charge in [-0.1, -0.05) is 0 Å². The van der Waals surface area contributed by atoms with Gasteiger partial charge in [0.05, 0.1) is 11.4 Å². The van der Waals surface area contributed by atoms with Crippen LogP contribution in [0.25, 0.3) is 0 Å². The summed E-state index contributed by atoms with van der Waals surface area (Å²) in [6.45, 7) is 1.88. The topological polar surface area (TPSA) is 62.3 Å². The number of pyridine rings is 1. The number of nitrogens with one attached hydrogen (secondary N) is 1. The molecule has 2 amide bonds. The van der Waals surface area contributed by atoms with Crippen LogP contribution in [-0.2, 0) is 4.79 Å². The highest BCUT2D eigenvalue weighted by molar-refractivity contribution is 7.14. The number of rotatable bonds is 1. The van der Waals surface area contributed by atoms with Crippen LogP contribution in [0.3, 0.4) is 0 Å². The number of alkyl halides is 1. The quantitative estimate of drug-likeness (QED) is 0.824. The van der Waals surface area contributed by atoms with Crippen molar-refractivity contribution in [2.24, 2.45) is 0 Å². The number of amides is 2. The number of carbonyl (C=O) groups excluding carboxylic acids is 2. The molecule has 0 aromatic carbocycles. The SMILES string of the molecule is Cc1cc2c(s1)C(=O)Nc1cccnc1N2C(=O)CCl. The van der Waals surface area contributed by atoms with Gasteiger partial charge in [0.25, 0.3) is 5.91 Å². The van der Waals surface area contributed by atoms with Crippen molar-refractivity contribution < 1.29 is 9.59 Å². The van der Waals surface area contributed by atoms with E-state index in [1.807, 2.05) is 6.92 Å². The van der Waals surface area contributed by atoms with E-state index in [1.54, 1.807) is 24.4 Å². The Bertz CT molecular complexity index is 713.